The Bertz CT molecular complexity index is 583. The van der Waals surface area contributed by atoms with Crippen molar-refractivity contribution in [3.05, 3.63) is 24.3 Å². The summed E-state index contributed by atoms with van der Waals surface area (Å²) in [4.78, 5) is 13.1. The van der Waals surface area contributed by atoms with Crippen molar-refractivity contribution < 1.29 is 9.90 Å². The average molecular weight is 263 g/mol. The van der Waals surface area contributed by atoms with Crippen molar-refractivity contribution in [3.63, 3.8) is 0 Å². The second-order valence-electron chi connectivity index (χ2n) is 4.29. The highest BCUT2D eigenvalue weighted by molar-refractivity contribution is 7.13. The topological polar surface area (TPSA) is 65.5 Å². The molecule has 18 heavy (non-hydrogen) atoms. The van der Waals surface area contributed by atoms with E-state index in [1.54, 1.807) is 0 Å². The molecule has 0 amide bonds. The molecule has 0 radical (unpaired) electrons. The second kappa shape index (κ2) is 4.55. The van der Waals surface area contributed by atoms with Gasteiger partial charge < -0.3 is 15.3 Å². The van der Waals surface area contributed by atoms with Crippen molar-refractivity contribution in [2.45, 2.75) is 6.04 Å². The molecule has 94 valence electrons. The number of piperazine rings is 1. The van der Waals surface area contributed by atoms with Gasteiger partial charge in [0.25, 0.3) is 0 Å². The maximum atomic E-state index is 11.0. The van der Waals surface area contributed by atoms with Gasteiger partial charge in [-0.2, -0.15) is 4.37 Å². The minimum atomic E-state index is -0.806. The normalized spacial score (nSPS) is 20.2. The van der Waals surface area contributed by atoms with E-state index in [1.165, 1.54) is 11.5 Å². The van der Waals surface area contributed by atoms with Crippen molar-refractivity contribution in [1.29, 1.82) is 0 Å². The third-order valence-electron chi connectivity index (χ3n) is 3.13. The van der Waals surface area contributed by atoms with Crippen LogP contribution >= 0.6 is 11.5 Å². The Hall–Kier alpha value is -1.66. The molecule has 2 N–H and O–H groups in total. The summed E-state index contributed by atoms with van der Waals surface area (Å²) < 4.78 is 5.60. The summed E-state index contributed by atoms with van der Waals surface area (Å²) in [7, 11) is 0. The number of hydrogen-bond acceptors (Lipinski definition) is 5. The molecule has 1 aliphatic rings. The number of aliphatic carboxylic acids is 1. The van der Waals surface area contributed by atoms with Crippen LogP contribution in [0.1, 0.15) is 0 Å². The maximum absolute atomic E-state index is 11.0. The SMILES string of the molecule is O=C(O)[C@@H]1CN(c2nsc3ccccc23)CCN1. The van der Waals surface area contributed by atoms with Gasteiger partial charge in [0, 0.05) is 25.0 Å². The number of hydrogen-bond donors (Lipinski definition) is 2. The van der Waals surface area contributed by atoms with E-state index in [0.29, 0.717) is 13.1 Å². The molecular formula is C12H13N3O2S. The number of benzene rings is 1. The first-order valence-corrected chi connectivity index (χ1v) is 6.58. The van der Waals surface area contributed by atoms with Crippen molar-refractivity contribution in [2.75, 3.05) is 24.5 Å². The van der Waals surface area contributed by atoms with E-state index in [9.17, 15) is 4.79 Å². The molecular weight excluding hydrogens is 250 g/mol. The standard InChI is InChI=1S/C12H13N3O2S/c16-12(17)9-7-15(6-5-13-9)11-8-3-1-2-4-10(8)18-14-11/h1-4,9,13H,5-7H2,(H,16,17)/t9-/m0/s1. The van der Waals surface area contributed by atoms with Gasteiger partial charge in [-0.25, -0.2) is 0 Å². The van der Waals surface area contributed by atoms with Crippen LogP contribution in [0.3, 0.4) is 0 Å². The van der Waals surface area contributed by atoms with E-state index in [1.807, 2.05) is 29.2 Å². The highest BCUT2D eigenvalue weighted by Crippen LogP contribution is 2.29. The summed E-state index contributed by atoms with van der Waals surface area (Å²) in [6, 6.07) is 7.53. The molecule has 1 aromatic heterocycles. The van der Waals surface area contributed by atoms with Crippen LogP contribution in [0, 0.1) is 0 Å². The van der Waals surface area contributed by atoms with Gasteiger partial charge in [-0.15, -0.1) is 0 Å². The molecule has 1 fully saturated rings. The van der Waals surface area contributed by atoms with E-state index >= 15 is 0 Å². The number of nitrogens with one attached hydrogen (secondary N) is 1. The summed E-state index contributed by atoms with van der Waals surface area (Å²) in [6.07, 6.45) is 0. The largest absolute Gasteiger partial charge is 0.480 e. The summed E-state index contributed by atoms with van der Waals surface area (Å²) in [6.45, 7) is 1.92. The third kappa shape index (κ3) is 1.93. The molecule has 1 aromatic carbocycles. The zero-order valence-corrected chi connectivity index (χ0v) is 10.5. The van der Waals surface area contributed by atoms with Crippen LogP contribution in [0.4, 0.5) is 5.82 Å². The summed E-state index contributed by atoms with van der Waals surface area (Å²) in [5.41, 5.74) is 0. The molecule has 0 bridgehead atoms. The van der Waals surface area contributed by atoms with Crippen LogP contribution < -0.4 is 10.2 Å². The van der Waals surface area contributed by atoms with E-state index in [0.717, 1.165) is 22.4 Å². The van der Waals surface area contributed by atoms with Gasteiger partial charge in [-0.05, 0) is 23.7 Å². The Kier molecular flexibility index (Phi) is 2.89. The molecule has 1 atom stereocenters. The first-order valence-electron chi connectivity index (χ1n) is 5.81. The van der Waals surface area contributed by atoms with Crippen molar-refractivity contribution >= 4 is 33.4 Å². The fourth-order valence-corrected chi connectivity index (χ4v) is 3.00. The fraction of sp³-hybridized carbons (Fsp3) is 0.333. The average Bonchev–Trinajstić information content (AvgIpc) is 2.82. The molecule has 1 aliphatic heterocycles. The third-order valence-corrected chi connectivity index (χ3v) is 3.95. The van der Waals surface area contributed by atoms with Crippen LogP contribution in [0.2, 0.25) is 0 Å². The molecule has 6 heteroatoms. The minimum Gasteiger partial charge on any atom is -0.480 e. The maximum Gasteiger partial charge on any atom is 0.322 e. The fourth-order valence-electron chi connectivity index (χ4n) is 2.21. The Morgan fingerprint density at radius 2 is 2.33 bits per heavy atom. The molecule has 2 heterocycles. The smallest absolute Gasteiger partial charge is 0.322 e. The monoisotopic (exact) mass is 263 g/mol. The van der Waals surface area contributed by atoms with E-state index < -0.39 is 12.0 Å². The highest BCUT2D eigenvalue weighted by atomic mass is 32.1. The van der Waals surface area contributed by atoms with E-state index in [-0.39, 0.29) is 0 Å². The van der Waals surface area contributed by atoms with Crippen LogP contribution in [0.15, 0.2) is 24.3 Å². The molecule has 0 spiro atoms. The van der Waals surface area contributed by atoms with Gasteiger partial charge in [0.1, 0.15) is 11.9 Å². The zero-order chi connectivity index (χ0) is 12.5. The lowest BCUT2D eigenvalue weighted by molar-refractivity contribution is -0.139. The van der Waals surface area contributed by atoms with Crippen molar-refractivity contribution in [1.82, 2.24) is 9.69 Å². The summed E-state index contributed by atoms with van der Waals surface area (Å²) >= 11 is 1.46. The molecule has 2 aromatic rings. The Morgan fingerprint density at radius 3 is 3.17 bits per heavy atom. The van der Waals surface area contributed by atoms with Crippen molar-refractivity contribution in [3.8, 4) is 0 Å². The Morgan fingerprint density at radius 1 is 1.50 bits per heavy atom. The lowest BCUT2D eigenvalue weighted by Gasteiger charge is -2.31. The Balaban J connectivity index is 1.92. The van der Waals surface area contributed by atoms with Crippen LogP contribution in [0.5, 0.6) is 0 Å². The van der Waals surface area contributed by atoms with E-state index in [2.05, 4.69) is 9.69 Å². The molecule has 0 saturated carbocycles. The van der Waals surface area contributed by atoms with Crippen LogP contribution in [-0.2, 0) is 4.79 Å². The number of nitrogens with zero attached hydrogens (tertiary/aromatic N) is 2. The first-order chi connectivity index (χ1) is 8.75. The zero-order valence-electron chi connectivity index (χ0n) is 9.67. The summed E-state index contributed by atoms with van der Waals surface area (Å²) in [5, 5.41) is 13.2. The molecule has 5 nitrogen and oxygen atoms in total. The van der Waals surface area contributed by atoms with Gasteiger partial charge in [-0.3, -0.25) is 4.79 Å². The number of carboxylic acid groups (broad SMARTS) is 1. The predicted molar refractivity (Wildman–Crippen MR) is 71.3 cm³/mol. The number of anilines is 1. The minimum absolute atomic E-state index is 0.461. The number of rotatable bonds is 2. The number of aromatic nitrogens is 1. The molecule has 0 aliphatic carbocycles. The van der Waals surface area contributed by atoms with Gasteiger partial charge in [-0.1, -0.05) is 12.1 Å². The number of fused-ring (bicyclic) bond motifs is 1. The lowest BCUT2D eigenvalue weighted by atomic mass is 10.2. The molecule has 1 saturated heterocycles. The van der Waals surface area contributed by atoms with Crippen LogP contribution in [0.25, 0.3) is 10.1 Å². The molecule has 0 unspecified atom stereocenters. The highest BCUT2D eigenvalue weighted by Gasteiger charge is 2.26. The van der Waals surface area contributed by atoms with Gasteiger partial charge in [0.15, 0.2) is 0 Å². The van der Waals surface area contributed by atoms with Gasteiger partial charge in [0.2, 0.25) is 0 Å². The van der Waals surface area contributed by atoms with Crippen LogP contribution in [-0.4, -0.2) is 41.1 Å². The van der Waals surface area contributed by atoms with Crippen molar-refractivity contribution in [2.24, 2.45) is 0 Å². The van der Waals surface area contributed by atoms with Gasteiger partial charge in [0.05, 0.1) is 4.70 Å². The van der Waals surface area contributed by atoms with E-state index in [4.69, 9.17) is 5.11 Å². The quantitative estimate of drug-likeness (QED) is 0.851. The van der Waals surface area contributed by atoms with Gasteiger partial charge >= 0.3 is 5.97 Å². The number of carbonyl (C=O) groups is 1. The predicted octanol–water partition coefficient (Wildman–Crippen LogP) is 1.16. The lowest BCUT2D eigenvalue weighted by Crippen LogP contribution is -2.54. The Labute approximate surface area is 108 Å². The second-order valence-corrected chi connectivity index (χ2v) is 5.10. The molecule has 3 rings (SSSR count). The number of carboxylic acids is 1. The summed E-state index contributed by atoms with van der Waals surface area (Å²) in [5.74, 6) is 0.0996. The first kappa shape index (κ1) is 11.4.